The molecule has 2 aliphatic heterocycles. The minimum atomic E-state index is -0.861. The van der Waals surface area contributed by atoms with Gasteiger partial charge in [-0.05, 0) is 31.1 Å². The molecule has 1 N–H and O–H groups in total. The number of likely N-dealkylation sites (tertiary alicyclic amines) is 2. The minimum absolute atomic E-state index is 0.0672. The van der Waals surface area contributed by atoms with E-state index in [1.165, 1.54) is 0 Å². The van der Waals surface area contributed by atoms with E-state index < -0.39 is 12.0 Å². The van der Waals surface area contributed by atoms with E-state index in [1.807, 2.05) is 4.90 Å². The van der Waals surface area contributed by atoms with Crippen LogP contribution in [0.15, 0.2) is 0 Å². The van der Waals surface area contributed by atoms with Gasteiger partial charge in [0.2, 0.25) is 0 Å². The molecule has 0 bridgehead atoms. The Morgan fingerprint density at radius 1 is 1.14 bits per heavy atom. The predicted molar refractivity (Wildman–Crippen MR) is 81.2 cm³/mol. The van der Waals surface area contributed by atoms with Gasteiger partial charge in [0, 0.05) is 19.6 Å². The van der Waals surface area contributed by atoms with Crippen LogP contribution in [-0.2, 0) is 4.79 Å². The average Bonchev–Trinajstić information content (AvgIpc) is 2.73. The van der Waals surface area contributed by atoms with Crippen molar-refractivity contribution in [2.24, 2.45) is 5.41 Å². The first-order valence-corrected chi connectivity index (χ1v) is 8.25. The number of aliphatic carboxylic acids is 1. The minimum Gasteiger partial charge on any atom is -0.480 e. The third kappa shape index (κ3) is 3.69. The molecular formula is C16H28N2O3. The van der Waals surface area contributed by atoms with E-state index in [0.717, 1.165) is 51.6 Å². The molecule has 0 radical (unpaired) electrons. The number of hydrogen-bond donors (Lipinski definition) is 1. The van der Waals surface area contributed by atoms with Gasteiger partial charge in [-0.15, -0.1) is 0 Å². The van der Waals surface area contributed by atoms with Crippen LogP contribution in [0.5, 0.6) is 0 Å². The number of nitrogens with zero attached hydrogens (tertiary/aromatic N) is 2. The molecule has 5 heteroatoms. The lowest BCUT2D eigenvalue weighted by molar-refractivity contribution is -0.142. The molecule has 2 saturated heterocycles. The smallest absolute Gasteiger partial charge is 0.326 e. The molecule has 2 heterocycles. The number of carbonyl (C=O) groups excluding carboxylic acids is 1. The lowest BCUT2D eigenvalue weighted by Gasteiger charge is -2.41. The van der Waals surface area contributed by atoms with Crippen LogP contribution in [0.25, 0.3) is 0 Å². The summed E-state index contributed by atoms with van der Waals surface area (Å²) in [4.78, 5) is 27.6. The average molecular weight is 296 g/mol. The van der Waals surface area contributed by atoms with E-state index >= 15 is 0 Å². The summed E-state index contributed by atoms with van der Waals surface area (Å²) >= 11 is 0. The van der Waals surface area contributed by atoms with Gasteiger partial charge < -0.3 is 14.9 Å². The maximum atomic E-state index is 12.7. The fourth-order valence-corrected chi connectivity index (χ4v) is 3.37. The molecule has 21 heavy (non-hydrogen) atoms. The molecule has 0 spiro atoms. The van der Waals surface area contributed by atoms with Crippen molar-refractivity contribution in [2.45, 2.75) is 64.8 Å². The molecule has 2 rings (SSSR count). The molecular weight excluding hydrogens is 268 g/mol. The monoisotopic (exact) mass is 296 g/mol. The van der Waals surface area contributed by atoms with E-state index in [4.69, 9.17) is 0 Å². The van der Waals surface area contributed by atoms with Gasteiger partial charge in [0.1, 0.15) is 6.04 Å². The maximum absolute atomic E-state index is 12.7. The van der Waals surface area contributed by atoms with Gasteiger partial charge >= 0.3 is 12.0 Å². The highest BCUT2D eigenvalue weighted by Gasteiger charge is 2.36. The van der Waals surface area contributed by atoms with E-state index in [1.54, 1.807) is 4.90 Å². The molecule has 2 amide bonds. The van der Waals surface area contributed by atoms with Crippen LogP contribution in [0.1, 0.15) is 58.8 Å². The second-order valence-electron chi connectivity index (χ2n) is 6.83. The number of urea groups is 1. The van der Waals surface area contributed by atoms with Gasteiger partial charge in [-0.2, -0.15) is 0 Å². The fraction of sp³-hybridized carbons (Fsp3) is 0.875. The van der Waals surface area contributed by atoms with E-state index in [-0.39, 0.29) is 6.03 Å². The molecule has 0 aliphatic carbocycles. The van der Waals surface area contributed by atoms with Gasteiger partial charge in [0.15, 0.2) is 0 Å². The highest BCUT2D eigenvalue weighted by atomic mass is 16.4. The van der Waals surface area contributed by atoms with Crippen LogP contribution >= 0.6 is 0 Å². The fourth-order valence-electron chi connectivity index (χ4n) is 3.37. The predicted octanol–water partition coefficient (Wildman–Crippen LogP) is 2.95. The third-order valence-corrected chi connectivity index (χ3v) is 5.38. The summed E-state index contributed by atoms with van der Waals surface area (Å²) in [6.07, 6.45) is 6.58. The van der Waals surface area contributed by atoms with Crippen molar-refractivity contribution in [3.63, 3.8) is 0 Å². The number of amides is 2. The van der Waals surface area contributed by atoms with Crippen LogP contribution in [0, 0.1) is 5.41 Å². The Balaban J connectivity index is 2.02. The highest BCUT2D eigenvalue weighted by Crippen LogP contribution is 2.34. The van der Waals surface area contributed by atoms with E-state index in [0.29, 0.717) is 18.4 Å². The summed E-state index contributed by atoms with van der Waals surface area (Å²) in [6, 6.07) is -0.707. The second kappa shape index (κ2) is 6.67. The number of carboxylic acids is 1. The Morgan fingerprint density at radius 2 is 1.81 bits per heavy atom. The SMILES string of the molecule is CCC1(C)CCN(C(=O)N2CCCCCC2C(=O)O)CC1. The van der Waals surface area contributed by atoms with Crippen molar-refractivity contribution in [1.82, 2.24) is 9.80 Å². The van der Waals surface area contributed by atoms with Crippen molar-refractivity contribution >= 4 is 12.0 Å². The van der Waals surface area contributed by atoms with Gasteiger partial charge in [-0.25, -0.2) is 9.59 Å². The Labute approximate surface area is 127 Å². The van der Waals surface area contributed by atoms with E-state index in [2.05, 4.69) is 13.8 Å². The van der Waals surface area contributed by atoms with Crippen molar-refractivity contribution in [3.8, 4) is 0 Å². The van der Waals surface area contributed by atoms with Crippen LogP contribution in [0.2, 0.25) is 0 Å². The zero-order chi connectivity index (χ0) is 15.5. The van der Waals surface area contributed by atoms with Crippen LogP contribution in [0.3, 0.4) is 0 Å². The van der Waals surface area contributed by atoms with Gasteiger partial charge in [-0.1, -0.05) is 33.1 Å². The van der Waals surface area contributed by atoms with Crippen LogP contribution in [-0.4, -0.2) is 52.6 Å². The van der Waals surface area contributed by atoms with Gasteiger partial charge in [0.05, 0.1) is 0 Å². The molecule has 0 aromatic rings. The standard InChI is InChI=1S/C16H28N2O3/c1-3-16(2)8-11-17(12-9-16)15(21)18-10-6-4-5-7-13(18)14(19)20/h13H,3-12H2,1-2H3,(H,19,20). The molecule has 0 aromatic carbocycles. The summed E-state index contributed by atoms with van der Waals surface area (Å²) in [5, 5.41) is 9.39. The van der Waals surface area contributed by atoms with E-state index in [9.17, 15) is 14.7 Å². The quantitative estimate of drug-likeness (QED) is 0.852. The molecule has 1 atom stereocenters. The molecule has 1 unspecified atom stereocenters. The zero-order valence-corrected chi connectivity index (χ0v) is 13.3. The lowest BCUT2D eigenvalue weighted by Crippen LogP contribution is -2.53. The molecule has 120 valence electrons. The van der Waals surface area contributed by atoms with Crippen LogP contribution < -0.4 is 0 Å². The lowest BCUT2D eigenvalue weighted by atomic mass is 9.78. The number of hydrogen-bond acceptors (Lipinski definition) is 2. The first-order chi connectivity index (χ1) is 9.97. The van der Waals surface area contributed by atoms with Crippen molar-refractivity contribution < 1.29 is 14.7 Å². The topological polar surface area (TPSA) is 60.9 Å². The Hall–Kier alpha value is -1.26. The maximum Gasteiger partial charge on any atom is 0.326 e. The number of rotatable bonds is 2. The summed E-state index contributed by atoms with van der Waals surface area (Å²) in [5.74, 6) is -0.861. The summed E-state index contributed by atoms with van der Waals surface area (Å²) in [7, 11) is 0. The van der Waals surface area contributed by atoms with Crippen molar-refractivity contribution in [1.29, 1.82) is 0 Å². The van der Waals surface area contributed by atoms with Crippen molar-refractivity contribution in [2.75, 3.05) is 19.6 Å². The largest absolute Gasteiger partial charge is 0.480 e. The summed E-state index contributed by atoms with van der Waals surface area (Å²) in [5.41, 5.74) is 0.335. The first kappa shape index (κ1) is 16.1. The Morgan fingerprint density at radius 3 is 2.38 bits per heavy atom. The zero-order valence-electron chi connectivity index (χ0n) is 13.3. The second-order valence-corrected chi connectivity index (χ2v) is 6.83. The summed E-state index contributed by atoms with van der Waals surface area (Å²) in [6.45, 7) is 6.57. The van der Waals surface area contributed by atoms with Crippen LogP contribution in [0.4, 0.5) is 4.79 Å². The molecule has 0 aromatic heterocycles. The first-order valence-electron chi connectivity index (χ1n) is 8.25. The van der Waals surface area contributed by atoms with Gasteiger partial charge in [-0.3, -0.25) is 0 Å². The highest BCUT2D eigenvalue weighted by molar-refractivity contribution is 5.82. The molecule has 2 fully saturated rings. The third-order valence-electron chi connectivity index (χ3n) is 5.38. The number of carbonyl (C=O) groups is 2. The number of piperidine rings is 1. The summed E-state index contributed by atoms with van der Waals surface area (Å²) < 4.78 is 0. The normalized spacial score (nSPS) is 26.3. The molecule has 0 saturated carbocycles. The molecule has 5 nitrogen and oxygen atoms in total. The van der Waals surface area contributed by atoms with Crippen molar-refractivity contribution in [3.05, 3.63) is 0 Å². The Bertz CT molecular complexity index is 389. The Kier molecular flexibility index (Phi) is 5.12. The molecule has 2 aliphatic rings. The number of carboxylic acid groups (broad SMARTS) is 1. The van der Waals surface area contributed by atoms with Gasteiger partial charge in [0.25, 0.3) is 0 Å².